The first-order chi connectivity index (χ1) is 7.00. The zero-order valence-corrected chi connectivity index (χ0v) is 9.21. The number of methoxy groups -OCH3 is 1. The highest BCUT2D eigenvalue weighted by molar-refractivity contribution is 7.07. The molecule has 1 atom stereocenters. The van der Waals surface area contributed by atoms with E-state index in [2.05, 4.69) is 9.72 Å². The monoisotopic (exact) mass is 229 g/mol. The Bertz CT molecular complexity index is 362. The van der Waals surface area contributed by atoms with Crippen LogP contribution in [-0.4, -0.2) is 29.1 Å². The van der Waals surface area contributed by atoms with Gasteiger partial charge in [-0.1, -0.05) is 0 Å². The topological polar surface area (TPSA) is 76.5 Å². The fourth-order valence-corrected chi connectivity index (χ4v) is 1.71. The van der Waals surface area contributed by atoms with E-state index in [1.807, 2.05) is 0 Å². The number of hydrogen-bond acceptors (Lipinski definition) is 5. The lowest BCUT2D eigenvalue weighted by molar-refractivity contribution is -0.165. The van der Waals surface area contributed by atoms with Gasteiger partial charge in [0.1, 0.15) is 0 Å². The Morgan fingerprint density at radius 3 is 2.73 bits per heavy atom. The van der Waals surface area contributed by atoms with Gasteiger partial charge in [-0.05, 0) is 6.92 Å². The van der Waals surface area contributed by atoms with E-state index < -0.39 is 17.4 Å². The summed E-state index contributed by atoms with van der Waals surface area (Å²) < 4.78 is 4.48. The van der Waals surface area contributed by atoms with Crippen molar-refractivity contribution in [3.05, 3.63) is 16.6 Å². The fourth-order valence-electron chi connectivity index (χ4n) is 1.15. The molecule has 0 aliphatic heterocycles. The van der Waals surface area contributed by atoms with Crippen molar-refractivity contribution in [1.82, 2.24) is 4.98 Å². The van der Waals surface area contributed by atoms with Gasteiger partial charge < -0.3 is 9.84 Å². The second kappa shape index (κ2) is 4.39. The smallest absolute Gasteiger partial charge is 0.323 e. The number of carbonyl (C=O) groups is 2. The summed E-state index contributed by atoms with van der Waals surface area (Å²) in [6, 6.07) is 0. The molecule has 0 amide bonds. The van der Waals surface area contributed by atoms with Crippen molar-refractivity contribution in [2.24, 2.45) is 5.41 Å². The van der Waals surface area contributed by atoms with Gasteiger partial charge in [0.15, 0.2) is 5.41 Å². The lowest BCUT2D eigenvalue weighted by Crippen LogP contribution is -2.39. The summed E-state index contributed by atoms with van der Waals surface area (Å²) in [5.74, 6) is -1.97. The summed E-state index contributed by atoms with van der Waals surface area (Å²) in [5, 5.41) is 10.7. The minimum atomic E-state index is -1.57. The average molecular weight is 229 g/mol. The Balaban J connectivity index is 2.92. The van der Waals surface area contributed by atoms with E-state index in [0.717, 1.165) is 0 Å². The number of nitrogens with zero attached hydrogens (tertiary/aromatic N) is 1. The number of rotatable bonds is 4. The van der Waals surface area contributed by atoms with E-state index in [0.29, 0.717) is 5.69 Å². The minimum absolute atomic E-state index is 0.0402. The van der Waals surface area contributed by atoms with Crippen LogP contribution in [0.3, 0.4) is 0 Å². The Labute approximate surface area is 90.7 Å². The van der Waals surface area contributed by atoms with E-state index in [1.165, 1.54) is 25.4 Å². The molecule has 0 aromatic carbocycles. The molecule has 0 spiro atoms. The van der Waals surface area contributed by atoms with Crippen molar-refractivity contribution in [2.45, 2.75) is 13.3 Å². The highest BCUT2D eigenvalue weighted by Gasteiger charge is 2.43. The molecule has 5 nitrogen and oxygen atoms in total. The first kappa shape index (κ1) is 11.6. The highest BCUT2D eigenvalue weighted by Crippen LogP contribution is 2.24. The molecular formula is C9H11NO4S. The number of carboxylic acid groups (broad SMARTS) is 1. The maximum atomic E-state index is 11.4. The van der Waals surface area contributed by atoms with Crippen LogP contribution >= 0.6 is 11.3 Å². The summed E-state index contributed by atoms with van der Waals surface area (Å²) >= 11 is 1.36. The first-order valence-corrected chi connectivity index (χ1v) is 5.14. The largest absolute Gasteiger partial charge is 0.480 e. The van der Waals surface area contributed by atoms with E-state index in [-0.39, 0.29) is 6.42 Å². The van der Waals surface area contributed by atoms with Gasteiger partial charge in [-0.25, -0.2) is 4.98 Å². The Morgan fingerprint density at radius 2 is 2.33 bits per heavy atom. The number of ether oxygens (including phenoxy) is 1. The van der Waals surface area contributed by atoms with Crippen LogP contribution in [0.1, 0.15) is 12.6 Å². The molecule has 1 aromatic heterocycles. The van der Waals surface area contributed by atoms with Gasteiger partial charge >= 0.3 is 11.9 Å². The van der Waals surface area contributed by atoms with Crippen LogP contribution in [0, 0.1) is 5.41 Å². The van der Waals surface area contributed by atoms with Gasteiger partial charge in [-0.2, -0.15) is 0 Å². The molecule has 0 fully saturated rings. The molecule has 1 unspecified atom stereocenters. The lowest BCUT2D eigenvalue weighted by Gasteiger charge is -2.20. The Morgan fingerprint density at radius 1 is 1.67 bits per heavy atom. The van der Waals surface area contributed by atoms with E-state index >= 15 is 0 Å². The Kier molecular flexibility index (Phi) is 3.41. The van der Waals surface area contributed by atoms with E-state index in [4.69, 9.17) is 5.11 Å². The maximum Gasteiger partial charge on any atom is 0.323 e. The van der Waals surface area contributed by atoms with Gasteiger partial charge in [0.05, 0.1) is 18.3 Å². The quantitative estimate of drug-likeness (QED) is 0.614. The predicted octanol–water partition coefficient (Wildman–Crippen LogP) is 0.950. The molecule has 82 valence electrons. The number of thiazole rings is 1. The molecule has 0 saturated heterocycles. The van der Waals surface area contributed by atoms with Gasteiger partial charge in [-0.3, -0.25) is 9.59 Å². The third-order valence-electron chi connectivity index (χ3n) is 2.13. The molecule has 0 aliphatic rings. The number of carbonyl (C=O) groups excluding carboxylic acids is 1. The zero-order chi connectivity index (χ0) is 11.5. The van der Waals surface area contributed by atoms with Crippen molar-refractivity contribution in [1.29, 1.82) is 0 Å². The summed E-state index contributed by atoms with van der Waals surface area (Å²) in [4.78, 5) is 26.3. The van der Waals surface area contributed by atoms with Crippen LogP contribution in [0.4, 0.5) is 0 Å². The SMILES string of the molecule is COC(=O)C(C)(Cc1cscn1)C(=O)O. The molecule has 1 N–H and O–H groups in total. The van der Waals surface area contributed by atoms with Crippen LogP contribution in [0.25, 0.3) is 0 Å². The van der Waals surface area contributed by atoms with E-state index in [9.17, 15) is 9.59 Å². The van der Waals surface area contributed by atoms with Crippen LogP contribution < -0.4 is 0 Å². The third-order valence-corrected chi connectivity index (χ3v) is 2.76. The van der Waals surface area contributed by atoms with E-state index in [1.54, 1.807) is 10.9 Å². The van der Waals surface area contributed by atoms with Crippen molar-refractivity contribution in [3.63, 3.8) is 0 Å². The number of carboxylic acids is 1. The summed E-state index contributed by atoms with van der Waals surface area (Å²) in [7, 11) is 1.17. The lowest BCUT2D eigenvalue weighted by atomic mass is 9.86. The molecule has 15 heavy (non-hydrogen) atoms. The van der Waals surface area contributed by atoms with Gasteiger partial charge in [-0.15, -0.1) is 11.3 Å². The molecule has 1 heterocycles. The molecule has 1 aromatic rings. The van der Waals surface area contributed by atoms with Gasteiger partial charge in [0.25, 0.3) is 0 Å². The molecule has 0 saturated carbocycles. The van der Waals surface area contributed by atoms with Gasteiger partial charge in [0.2, 0.25) is 0 Å². The van der Waals surface area contributed by atoms with Crippen molar-refractivity contribution >= 4 is 23.3 Å². The van der Waals surface area contributed by atoms with Crippen LogP contribution in [0.2, 0.25) is 0 Å². The molecular weight excluding hydrogens is 218 g/mol. The maximum absolute atomic E-state index is 11.4. The summed E-state index contributed by atoms with van der Waals surface area (Å²) in [5.41, 5.74) is 0.604. The van der Waals surface area contributed by atoms with Crippen molar-refractivity contribution in [2.75, 3.05) is 7.11 Å². The molecule has 0 radical (unpaired) electrons. The van der Waals surface area contributed by atoms with Crippen LogP contribution in [0.5, 0.6) is 0 Å². The van der Waals surface area contributed by atoms with Crippen LogP contribution in [-0.2, 0) is 20.7 Å². The van der Waals surface area contributed by atoms with Crippen molar-refractivity contribution < 1.29 is 19.4 Å². The number of aliphatic carboxylic acids is 1. The standard InChI is InChI=1S/C9H11NO4S/c1-9(7(11)12,8(13)14-2)3-6-4-15-5-10-6/h4-5H,3H2,1-2H3,(H,11,12). The first-order valence-electron chi connectivity index (χ1n) is 4.19. The summed E-state index contributed by atoms with van der Waals surface area (Å²) in [6.07, 6.45) is 0.0402. The third kappa shape index (κ3) is 2.33. The molecule has 0 aliphatic carbocycles. The second-order valence-corrected chi connectivity index (χ2v) is 4.00. The Hall–Kier alpha value is -1.43. The predicted molar refractivity (Wildman–Crippen MR) is 53.6 cm³/mol. The summed E-state index contributed by atoms with van der Waals surface area (Å²) in [6.45, 7) is 1.33. The molecule has 6 heteroatoms. The highest BCUT2D eigenvalue weighted by atomic mass is 32.1. The molecule has 1 rings (SSSR count). The number of hydrogen-bond donors (Lipinski definition) is 1. The van der Waals surface area contributed by atoms with Crippen molar-refractivity contribution in [3.8, 4) is 0 Å². The number of aromatic nitrogens is 1. The molecule has 0 bridgehead atoms. The average Bonchev–Trinajstić information content (AvgIpc) is 2.68. The normalized spacial score (nSPS) is 14.3. The zero-order valence-electron chi connectivity index (χ0n) is 8.39. The van der Waals surface area contributed by atoms with Crippen LogP contribution in [0.15, 0.2) is 10.9 Å². The minimum Gasteiger partial charge on any atom is -0.480 e. The van der Waals surface area contributed by atoms with Gasteiger partial charge in [0, 0.05) is 11.8 Å². The second-order valence-electron chi connectivity index (χ2n) is 3.29. The number of esters is 1. The fraction of sp³-hybridized carbons (Fsp3) is 0.444.